The molecule has 0 atom stereocenters. The Labute approximate surface area is 158 Å². The molecule has 0 saturated carbocycles. The van der Waals surface area contributed by atoms with Crippen molar-refractivity contribution in [2.45, 2.75) is 0 Å². The van der Waals surface area contributed by atoms with Gasteiger partial charge < -0.3 is 5.32 Å². The Morgan fingerprint density at radius 1 is 1.04 bits per heavy atom. The zero-order valence-corrected chi connectivity index (χ0v) is 14.9. The summed E-state index contributed by atoms with van der Waals surface area (Å²) in [5.41, 5.74) is 4.22. The Balaban J connectivity index is 1.42. The average Bonchev–Trinajstić information content (AvgIpc) is 3.30. The van der Waals surface area contributed by atoms with Crippen molar-refractivity contribution in [1.82, 2.24) is 19.4 Å². The van der Waals surface area contributed by atoms with Crippen molar-refractivity contribution in [2.75, 3.05) is 5.32 Å². The summed E-state index contributed by atoms with van der Waals surface area (Å²) in [7, 11) is 0. The van der Waals surface area contributed by atoms with Gasteiger partial charge in [0.15, 0.2) is 4.96 Å². The molecule has 0 aliphatic rings. The molecule has 0 radical (unpaired) electrons. The molecule has 0 unspecified atom stereocenters. The zero-order valence-electron chi connectivity index (χ0n) is 14.0. The van der Waals surface area contributed by atoms with Gasteiger partial charge in [0, 0.05) is 29.0 Å². The number of para-hydroxylation sites is 2. The van der Waals surface area contributed by atoms with Gasteiger partial charge in [0.25, 0.3) is 5.91 Å². The van der Waals surface area contributed by atoms with Crippen LogP contribution in [0.4, 0.5) is 5.69 Å². The molecule has 0 spiro atoms. The SMILES string of the molecule is O=C(Nc1cccc(-c2cn3ccsc3n2)c1)c1cnc2ccccc2n1. The lowest BCUT2D eigenvalue weighted by Gasteiger charge is -2.06. The maximum absolute atomic E-state index is 12.6. The average molecular weight is 371 g/mol. The van der Waals surface area contributed by atoms with Crippen LogP contribution in [0.25, 0.3) is 27.3 Å². The monoisotopic (exact) mass is 371 g/mol. The van der Waals surface area contributed by atoms with Crippen molar-refractivity contribution in [3.63, 3.8) is 0 Å². The first-order valence-corrected chi connectivity index (χ1v) is 9.20. The van der Waals surface area contributed by atoms with Crippen molar-refractivity contribution in [2.24, 2.45) is 0 Å². The summed E-state index contributed by atoms with van der Waals surface area (Å²) < 4.78 is 1.98. The molecule has 0 fully saturated rings. The number of carbonyl (C=O) groups is 1. The first-order chi connectivity index (χ1) is 13.3. The van der Waals surface area contributed by atoms with E-state index in [0.717, 1.165) is 21.7 Å². The fraction of sp³-hybridized carbons (Fsp3) is 0. The fourth-order valence-electron chi connectivity index (χ4n) is 2.88. The molecule has 5 aromatic rings. The van der Waals surface area contributed by atoms with Crippen molar-refractivity contribution in [3.05, 3.63) is 78.2 Å². The molecule has 1 N–H and O–H groups in total. The fourth-order valence-corrected chi connectivity index (χ4v) is 3.58. The topological polar surface area (TPSA) is 72.2 Å². The molecule has 0 aliphatic heterocycles. The van der Waals surface area contributed by atoms with Gasteiger partial charge >= 0.3 is 0 Å². The van der Waals surface area contributed by atoms with Gasteiger partial charge in [-0.2, -0.15) is 0 Å². The molecule has 1 amide bonds. The van der Waals surface area contributed by atoms with Crippen LogP contribution in [0, 0.1) is 0 Å². The van der Waals surface area contributed by atoms with Gasteiger partial charge in [-0.05, 0) is 24.3 Å². The first-order valence-electron chi connectivity index (χ1n) is 8.32. The van der Waals surface area contributed by atoms with E-state index in [1.165, 1.54) is 6.20 Å². The molecule has 27 heavy (non-hydrogen) atoms. The number of amides is 1. The van der Waals surface area contributed by atoms with Gasteiger partial charge in [0.05, 0.1) is 22.9 Å². The molecule has 3 aromatic heterocycles. The van der Waals surface area contributed by atoms with E-state index in [9.17, 15) is 4.79 Å². The molecule has 7 heteroatoms. The highest BCUT2D eigenvalue weighted by atomic mass is 32.1. The molecule has 2 aromatic carbocycles. The van der Waals surface area contributed by atoms with E-state index < -0.39 is 0 Å². The van der Waals surface area contributed by atoms with E-state index in [0.29, 0.717) is 11.2 Å². The maximum Gasteiger partial charge on any atom is 0.275 e. The molecule has 0 bridgehead atoms. The highest BCUT2D eigenvalue weighted by Crippen LogP contribution is 2.24. The van der Waals surface area contributed by atoms with E-state index in [-0.39, 0.29) is 11.6 Å². The van der Waals surface area contributed by atoms with Gasteiger partial charge in [0.1, 0.15) is 5.69 Å². The van der Waals surface area contributed by atoms with Gasteiger partial charge in [0.2, 0.25) is 0 Å². The van der Waals surface area contributed by atoms with E-state index in [1.54, 1.807) is 11.3 Å². The lowest BCUT2D eigenvalue weighted by Crippen LogP contribution is -2.14. The molecule has 6 nitrogen and oxygen atoms in total. The van der Waals surface area contributed by atoms with Crippen LogP contribution in [-0.2, 0) is 0 Å². The minimum Gasteiger partial charge on any atom is -0.321 e. The van der Waals surface area contributed by atoms with Gasteiger partial charge in [-0.3, -0.25) is 14.2 Å². The summed E-state index contributed by atoms with van der Waals surface area (Å²) in [6.45, 7) is 0. The molecule has 3 heterocycles. The van der Waals surface area contributed by atoms with Crippen molar-refractivity contribution in [3.8, 4) is 11.3 Å². The normalized spacial score (nSPS) is 11.1. The predicted octanol–water partition coefficient (Wildman–Crippen LogP) is 4.26. The Morgan fingerprint density at radius 2 is 1.93 bits per heavy atom. The Kier molecular flexibility index (Phi) is 3.65. The Morgan fingerprint density at radius 3 is 2.81 bits per heavy atom. The number of nitrogens with one attached hydrogen (secondary N) is 1. The van der Waals surface area contributed by atoms with Gasteiger partial charge in [-0.25, -0.2) is 9.97 Å². The molecular formula is C20H13N5OS. The number of hydrogen-bond donors (Lipinski definition) is 1. The van der Waals surface area contributed by atoms with Crippen LogP contribution in [-0.4, -0.2) is 25.3 Å². The van der Waals surface area contributed by atoms with Crippen LogP contribution < -0.4 is 5.32 Å². The summed E-state index contributed by atoms with van der Waals surface area (Å²) in [4.78, 5) is 26.8. The van der Waals surface area contributed by atoms with E-state index in [2.05, 4.69) is 20.3 Å². The summed E-state index contributed by atoms with van der Waals surface area (Å²) in [6, 6.07) is 15.1. The van der Waals surface area contributed by atoms with Crippen LogP contribution in [0.3, 0.4) is 0 Å². The highest BCUT2D eigenvalue weighted by molar-refractivity contribution is 7.15. The maximum atomic E-state index is 12.6. The summed E-state index contributed by atoms with van der Waals surface area (Å²) in [5.74, 6) is -0.295. The molecule has 130 valence electrons. The van der Waals surface area contributed by atoms with Gasteiger partial charge in [-0.1, -0.05) is 24.3 Å². The standard InChI is InChI=1S/C20H13N5OS/c26-19(17-11-21-15-6-1-2-7-16(15)23-17)22-14-5-3-4-13(10-14)18-12-25-8-9-27-20(25)24-18/h1-12H,(H,22,26). The van der Waals surface area contributed by atoms with E-state index in [1.807, 2.05) is 70.7 Å². The number of thiazole rings is 1. The Bertz CT molecular complexity index is 1260. The number of rotatable bonds is 3. The number of benzene rings is 2. The highest BCUT2D eigenvalue weighted by Gasteiger charge is 2.11. The summed E-state index contributed by atoms with van der Waals surface area (Å²) >= 11 is 1.58. The lowest BCUT2D eigenvalue weighted by molar-refractivity contribution is 0.102. The number of aromatic nitrogens is 4. The van der Waals surface area contributed by atoms with Crippen molar-refractivity contribution < 1.29 is 4.79 Å². The van der Waals surface area contributed by atoms with E-state index >= 15 is 0 Å². The minimum atomic E-state index is -0.295. The molecular weight excluding hydrogens is 358 g/mol. The summed E-state index contributed by atoms with van der Waals surface area (Å²) in [5, 5.41) is 4.88. The second kappa shape index (κ2) is 6.30. The number of anilines is 1. The quantitative estimate of drug-likeness (QED) is 0.514. The molecule has 5 rings (SSSR count). The third-order valence-electron chi connectivity index (χ3n) is 4.19. The second-order valence-electron chi connectivity index (χ2n) is 6.00. The Hall–Kier alpha value is -3.58. The van der Waals surface area contributed by atoms with Crippen LogP contribution in [0.1, 0.15) is 10.5 Å². The second-order valence-corrected chi connectivity index (χ2v) is 6.87. The summed E-state index contributed by atoms with van der Waals surface area (Å²) in [6.07, 6.45) is 5.44. The number of nitrogens with zero attached hydrogens (tertiary/aromatic N) is 4. The number of carbonyl (C=O) groups excluding carboxylic acids is 1. The van der Waals surface area contributed by atoms with Crippen molar-refractivity contribution >= 4 is 38.9 Å². The lowest BCUT2D eigenvalue weighted by atomic mass is 10.1. The number of imidazole rings is 1. The number of fused-ring (bicyclic) bond motifs is 2. The van der Waals surface area contributed by atoms with Crippen LogP contribution >= 0.6 is 11.3 Å². The third kappa shape index (κ3) is 2.94. The molecule has 0 saturated heterocycles. The zero-order chi connectivity index (χ0) is 18.2. The van der Waals surface area contributed by atoms with Crippen LogP contribution in [0.2, 0.25) is 0 Å². The van der Waals surface area contributed by atoms with Gasteiger partial charge in [-0.15, -0.1) is 11.3 Å². The van der Waals surface area contributed by atoms with Crippen molar-refractivity contribution in [1.29, 1.82) is 0 Å². The van der Waals surface area contributed by atoms with Crippen LogP contribution in [0.5, 0.6) is 0 Å². The number of hydrogen-bond acceptors (Lipinski definition) is 5. The predicted molar refractivity (Wildman–Crippen MR) is 106 cm³/mol. The minimum absolute atomic E-state index is 0.279. The van der Waals surface area contributed by atoms with Crippen LogP contribution in [0.15, 0.2) is 72.5 Å². The first kappa shape index (κ1) is 15.7. The third-order valence-corrected chi connectivity index (χ3v) is 4.96. The van der Waals surface area contributed by atoms with E-state index in [4.69, 9.17) is 0 Å². The largest absolute Gasteiger partial charge is 0.321 e. The molecule has 0 aliphatic carbocycles. The smallest absolute Gasteiger partial charge is 0.275 e.